The lowest BCUT2D eigenvalue weighted by molar-refractivity contribution is -0.119. The van der Waals surface area contributed by atoms with Crippen molar-refractivity contribution in [3.05, 3.63) is 46.4 Å². The first-order valence-electron chi connectivity index (χ1n) is 10.8. The molecule has 2 N–H and O–H groups in total. The Morgan fingerprint density at radius 2 is 1.91 bits per heavy atom. The number of hydrazine groups is 1. The number of Topliss-reactive ketones (excluding diaryl/α,β-unsaturated/α-hetero) is 1. The molecule has 1 aromatic rings. The van der Waals surface area contributed by atoms with Crippen LogP contribution in [0.15, 0.2) is 40.9 Å². The predicted octanol–water partition coefficient (Wildman–Crippen LogP) is 2.69. The number of benzene rings is 1. The third-order valence-corrected chi connectivity index (χ3v) is 6.38. The second-order valence-corrected chi connectivity index (χ2v) is 9.13. The molecule has 0 saturated carbocycles. The third-order valence-electron chi connectivity index (χ3n) is 6.38. The maximum atomic E-state index is 13.6. The molecule has 1 atom stereocenters. The molecule has 170 valence electrons. The number of hydrogen-bond donors (Lipinski definition) is 1. The van der Waals surface area contributed by atoms with Gasteiger partial charge in [0.05, 0.1) is 45.0 Å². The summed E-state index contributed by atoms with van der Waals surface area (Å²) in [4.78, 5) is 13.6. The van der Waals surface area contributed by atoms with Crippen molar-refractivity contribution in [1.82, 2.24) is 10.0 Å². The second-order valence-electron chi connectivity index (χ2n) is 9.13. The number of rotatable bonds is 4. The Labute approximate surface area is 188 Å². The second kappa shape index (κ2) is 8.49. The van der Waals surface area contributed by atoms with Crippen LogP contribution in [0.25, 0.3) is 0 Å². The van der Waals surface area contributed by atoms with Gasteiger partial charge in [-0.3, -0.25) is 9.80 Å². The van der Waals surface area contributed by atoms with Crippen LogP contribution in [0, 0.1) is 16.7 Å². The van der Waals surface area contributed by atoms with Crippen LogP contribution in [0.5, 0.6) is 11.5 Å². The zero-order valence-corrected chi connectivity index (χ0v) is 19.1. The fraction of sp³-hybridized carbons (Fsp3) is 0.500. The Kier molecular flexibility index (Phi) is 5.89. The Hall–Kier alpha value is -3.02. The van der Waals surface area contributed by atoms with Gasteiger partial charge in [-0.1, -0.05) is 19.9 Å². The Morgan fingerprint density at radius 1 is 1.19 bits per heavy atom. The Bertz CT molecular complexity index is 1030. The monoisotopic (exact) mass is 438 g/mol. The van der Waals surface area contributed by atoms with Crippen molar-refractivity contribution in [3.8, 4) is 17.6 Å². The average molecular weight is 439 g/mol. The highest BCUT2D eigenvalue weighted by Crippen LogP contribution is 2.51. The van der Waals surface area contributed by atoms with E-state index in [1.54, 1.807) is 20.3 Å². The van der Waals surface area contributed by atoms with E-state index >= 15 is 0 Å². The van der Waals surface area contributed by atoms with Crippen molar-refractivity contribution in [2.45, 2.75) is 32.6 Å². The van der Waals surface area contributed by atoms with Crippen LogP contribution in [0.4, 0.5) is 0 Å². The number of carbonyl (C=O) groups excluding carboxylic acids is 1. The lowest BCUT2D eigenvalue weighted by atomic mass is 9.69. The summed E-state index contributed by atoms with van der Waals surface area (Å²) in [5.41, 5.74) is 9.04. The van der Waals surface area contributed by atoms with Crippen LogP contribution >= 0.6 is 0 Å². The smallest absolute Gasteiger partial charge is 0.162 e. The molecule has 1 aromatic carbocycles. The molecule has 0 radical (unpaired) electrons. The zero-order chi connectivity index (χ0) is 23.0. The normalized spacial score (nSPS) is 23.7. The van der Waals surface area contributed by atoms with Gasteiger partial charge in [0.2, 0.25) is 0 Å². The van der Waals surface area contributed by atoms with Crippen LogP contribution in [-0.2, 0) is 9.53 Å². The van der Waals surface area contributed by atoms with E-state index in [1.807, 2.05) is 17.1 Å². The van der Waals surface area contributed by atoms with Gasteiger partial charge >= 0.3 is 0 Å². The predicted molar refractivity (Wildman–Crippen MR) is 118 cm³/mol. The molecule has 3 aliphatic rings. The number of methoxy groups -OCH3 is 2. The van der Waals surface area contributed by atoms with E-state index in [1.165, 1.54) is 0 Å². The van der Waals surface area contributed by atoms with Gasteiger partial charge in [-0.15, -0.1) is 0 Å². The fourth-order valence-electron chi connectivity index (χ4n) is 4.94. The van der Waals surface area contributed by atoms with Crippen molar-refractivity contribution < 1.29 is 19.0 Å². The molecule has 2 aliphatic heterocycles. The summed E-state index contributed by atoms with van der Waals surface area (Å²) in [6.07, 6.45) is 1.09. The molecule has 1 saturated heterocycles. The highest BCUT2D eigenvalue weighted by molar-refractivity contribution is 6.00. The SMILES string of the molecule is COc1ccc([C@H]2C(C#N)=C(N)N(N3CCOCC3)C3=C2C(=O)CC(C)(C)C3)c(OC)c1. The zero-order valence-electron chi connectivity index (χ0n) is 19.1. The van der Waals surface area contributed by atoms with Gasteiger partial charge in [0, 0.05) is 42.4 Å². The van der Waals surface area contributed by atoms with E-state index in [0.29, 0.717) is 67.6 Å². The standard InChI is InChI=1S/C24H30N4O4/c1-24(2)12-18-22(19(29)13-24)21(16-6-5-15(30-3)11-20(16)31-4)17(14-25)23(26)28(18)27-7-9-32-10-8-27/h5-6,11,21H,7-10,12-13,26H2,1-4H3/t21-/m0/s1. The molecule has 4 rings (SSSR count). The quantitative estimate of drug-likeness (QED) is 0.766. The third kappa shape index (κ3) is 3.72. The van der Waals surface area contributed by atoms with Crippen LogP contribution in [-0.4, -0.2) is 56.3 Å². The minimum Gasteiger partial charge on any atom is -0.497 e. The summed E-state index contributed by atoms with van der Waals surface area (Å²) in [6, 6.07) is 7.75. The number of morpholine rings is 1. The van der Waals surface area contributed by atoms with E-state index in [-0.39, 0.29) is 11.2 Å². The number of hydrogen-bond acceptors (Lipinski definition) is 8. The first kappa shape index (κ1) is 22.2. The first-order valence-corrected chi connectivity index (χ1v) is 10.8. The van der Waals surface area contributed by atoms with E-state index < -0.39 is 5.92 Å². The Balaban J connectivity index is 1.94. The largest absolute Gasteiger partial charge is 0.497 e. The maximum absolute atomic E-state index is 13.6. The number of allylic oxidation sites excluding steroid dienone is 3. The summed E-state index contributed by atoms with van der Waals surface area (Å²) in [7, 11) is 3.16. The minimum absolute atomic E-state index is 0.0395. The number of nitrogens with zero attached hydrogens (tertiary/aromatic N) is 3. The van der Waals surface area contributed by atoms with Gasteiger partial charge in [-0.2, -0.15) is 5.26 Å². The molecule has 0 spiro atoms. The van der Waals surface area contributed by atoms with Crippen LogP contribution in [0.1, 0.15) is 38.2 Å². The fourth-order valence-corrected chi connectivity index (χ4v) is 4.94. The molecular weight excluding hydrogens is 408 g/mol. The van der Waals surface area contributed by atoms with Gasteiger partial charge in [0.15, 0.2) is 5.78 Å². The molecule has 32 heavy (non-hydrogen) atoms. The molecule has 0 amide bonds. The highest BCUT2D eigenvalue weighted by atomic mass is 16.5. The molecule has 0 bridgehead atoms. The van der Waals surface area contributed by atoms with Gasteiger partial charge in [0.25, 0.3) is 0 Å². The van der Waals surface area contributed by atoms with Crippen LogP contribution < -0.4 is 15.2 Å². The lowest BCUT2D eigenvalue weighted by Crippen LogP contribution is -2.53. The number of ketones is 1. The highest BCUT2D eigenvalue weighted by Gasteiger charge is 2.46. The van der Waals surface area contributed by atoms with Crippen LogP contribution in [0.3, 0.4) is 0 Å². The van der Waals surface area contributed by atoms with Crippen molar-refractivity contribution in [1.29, 1.82) is 5.26 Å². The summed E-state index contributed by atoms with van der Waals surface area (Å²) in [5.74, 6) is 1.01. The van der Waals surface area contributed by atoms with Crippen molar-refractivity contribution in [2.24, 2.45) is 11.1 Å². The summed E-state index contributed by atoms with van der Waals surface area (Å²) in [6.45, 7) is 6.61. The molecule has 1 fully saturated rings. The number of nitriles is 1. The lowest BCUT2D eigenvalue weighted by Gasteiger charge is -2.48. The Morgan fingerprint density at radius 3 is 2.53 bits per heavy atom. The number of carbonyl (C=O) groups is 1. The molecule has 0 aromatic heterocycles. The summed E-state index contributed by atoms with van der Waals surface area (Å²) in [5, 5.41) is 14.2. The van der Waals surface area contributed by atoms with Crippen molar-refractivity contribution in [2.75, 3.05) is 40.5 Å². The number of nitrogens with two attached hydrogens (primary N) is 1. The van der Waals surface area contributed by atoms with Gasteiger partial charge in [-0.05, 0) is 17.9 Å². The summed E-state index contributed by atoms with van der Waals surface area (Å²) >= 11 is 0. The van der Waals surface area contributed by atoms with Gasteiger partial charge in [-0.25, -0.2) is 5.01 Å². The van der Waals surface area contributed by atoms with E-state index in [0.717, 1.165) is 11.3 Å². The maximum Gasteiger partial charge on any atom is 0.162 e. The molecule has 1 aliphatic carbocycles. The van der Waals surface area contributed by atoms with E-state index in [9.17, 15) is 10.1 Å². The van der Waals surface area contributed by atoms with Crippen LogP contribution in [0.2, 0.25) is 0 Å². The first-order chi connectivity index (χ1) is 15.3. The minimum atomic E-state index is -0.586. The summed E-state index contributed by atoms with van der Waals surface area (Å²) < 4.78 is 16.5. The van der Waals surface area contributed by atoms with Crippen molar-refractivity contribution >= 4 is 5.78 Å². The molecule has 8 nitrogen and oxygen atoms in total. The molecular formula is C24H30N4O4. The molecule has 0 unspecified atom stereocenters. The topological polar surface area (TPSA) is 101 Å². The molecule has 8 heteroatoms. The van der Waals surface area contributed by atoms with E-state index in [4.69, 9.17) is 19.9 Å². The number of ether oxygens (including phenoxy) is 3. The van der Waals surface area contributed by atoms with Crippen molar-refractivity contribution in [3.63, 3.8) is 0 Å². The van der Waals surface area contributed by atoms with Gasteiger partial charge < -0.3 is 19.9 Å². The van der Waals surface area contributed by atoms with Gasteiger partial charge in [0.1, 0.15) is 17.3 Å². The molecule has 2 heterocycles. The average Bonchev–Trinajstić information content (AvgIpc) is 2.77. The van der Waals surface area contributed by atoms with E-state index in [2.05, 4.69) is 24.9 Å².